The summed E-state index contributed by atoms with van der Waals surface area (Å²) in [6.07, 6.45) is 3.12. The summed E-state index contributed by atoms with van der Waals surface area (Å²) in [5, 5.41) is 14.0. The Kier molecular flexibility index (Phi) is 5.94. The molecule has 2 aromatic heterocycles. The van der Waals surface area contributed by atoms with E-state index in [4.69, 9.17) is 0 Å². The lowest BCUT2D eigenvalue weighted by atomic mass is 10.2. The number of rotatable bonds is 7. The minimum absolute atomic E-state index is 0.273. The van der Waals surface area contributed by atoms with Gasteiger partial charge in [-0.3, -0.25) is 9.78 Å². The average molecular weight is 362 g/mol. The molecule has 27 heavy (non-hydrogen) atoms. The van der Waals surface area contributed by atoms with Crippen LogP contribution in [0, 0.1) is 0 Å². The van der Waals surface area contributed by atoms with Gasteiger partial charge in [0.25, 0.3) is 5.91 Å². The maximum atomic E-state index is 12.1. The molecule has 0 fully saturated rings. The van der Waals surface area contributed by atoms with Crippen LogP contribution in [0.15, 0.2) is 60.9 Å². The number of benzene rings is 1. The van der Waals surface area contributed by atoms with Crippen LogP contribution in [0.3, 0.4) is 0 Å². The third kappa shape index (κ3) is 4.78. The molecule has 0 aliphatic rings. The fraction of sp³-hybridized carbons (Fsp3) is 0.200. The summed E-state index contributed by atoms with van der Waals surface area (Å²) in [4.78, 5) is 18.3. The topological polar surface area (TPSA) is 83.0 Å². The Morgan fingerprint density at radius 1 is 0.963 bits per heavy atom. The van der Waals surface area contributed by atoms with Crippen molar-refractivity contribution in [2.75, 3.05) is 28.6 Å². The zero-order valence-electron chi connectivity index (χ0n) is 15.4. The fourth-order valence-electron chi connectivity index (χ4n) is 2.64. The molecule has 0 saturated carbocycles. The molecular formula is C20H22N6O. The summed E-state index contributed by atoms with van der Waals surface area (Å²) in [5.41, 5.74) is 2.58. The number of amides is 1. The van der Waals surface area contributed by atoms with Crippen molar-refractivity contribution >= 4 is 28.9 Å². The molecule has 1 amide bonds. The summed E-state index contributed by atoms with van der Waals surface area (Å²) in [7, 11) is 0. The van der Waals surface area contributed by atoms with Gasteiger partial charge in [0.2, 0.25) is 0 Å². The fourth-order valence-corrected chi connectivity index (χ4v) is 2.64. The lowest BCUT2D eigenvalue weighted by Crippen LogP contribution is -2.21. The van der Waals surface area contributed by atoms with Crippen molar-refractivity contribution in [1.82, 2.24) is 15.2 Å². The minimum Gasteiger partial charge on any atom is -0.372 e. The molecule has 1 aromatic carbocycles. The van der Waals surface area contributed by atoms with Crippen LogP contribution in [0.5, 0.6) is 0 Å². The van der Waals surface area contributed by atoms with Gasteiger partial charge in [-0.05, 0) is 62.4 Å². The molecular weight excluding hydrogens is 340 g/mol. The number of pyridine rings is 1. The number of hydrogen-bond donors (Lipinski definition) is 2. The highest BCUT2D eigenvalue weighted by Gasteiger charge is 2.07. The maximum Gasteiger partial charge on any atom is 0.258 e. The van der Waals surface area contributed by atoms with Gasteiger partial charge in [0, 0.05) is 36.9 Å². The van der Waals surface area contributed by atoms with Gasteiger partial charge < -0.3 is 15.5 Å². The standard InChI is InChI=1S/C20H22N6O/c1-3-26(4-2)17-9-7-16(8-10-17)22-18-11-12-19(25-24-18)23-20(27)15-6-5-13-21-14-15/h5-14H,3-4H2,1-2H3,(H,22,24)(H,23,25,27). The Labute approximate surface area is 158 Å². The molecule has 0 atom stereocenters. The number of aromatic nitrogens is 3. The first-order valence-corrected chi connectivity index (χ1v) is 8.86. The number of hydrogen-bond acceptors (Lipinski definition) is 6. The molecule has 0 aliphatic carbocycles. The van der Waals surface area contributed by atoms with Crippen molar-refractivity contribution in [1.29, 1.82) is 0 Å². The third-order valence-electron chi connectivity index (χ3n) is 4.10. The molecule has 0 radical (unpaired) electrons. The van der Waals surface area contributed by atoms with E-state index in [1.807, 2.05) is 12.1 Å². The van der Waals surface area contributed by atoms with Crippen LogP contribution in [0.4, 0.5) is 23.0 Å². The van der Waals surface area contributed by atoms with Gasteiger partial charge in [-0.2, -0.15) is 0 Å². The first kappa shape index (κ1) is 18.3. The molecule has 7 heteroatoms. The molecule has 3 aromatic rings. The van der Waals surface area contributed by atoms with Crippen LogP contribution >= 0.6 is 0 Å². The van der Waals surface area contributed by atoms with Gasteiger partial charge >= 0.3 is 0 Å². The molecule has 0 spiro atoms. The highest BCUT2D eigenvalue weighted by Crippen LogP contribution is 2.20. The van der Waals surface area contributed by atoms with Crippen molar-refractivity contribution in [2.45, 2.75) is 13.8 Å². The van der Waals surface area contributed by atoms with Crippen molar-refractivity contribution in [2.24, 2.45) is 0 Å². The molecule has 0 unspecified atom stereocenters. The SMILES string of the molecule is CCN(CC)c1ccc(Nc2ccc(NC(=O)c3cccnc3)nn2)cc1. The van der Waals surface area contributed by atoms with Gasteiger partial charge in [-0.1, -0.05) is 0 Å². The molecule has 138 valence electrons. The zero-order chi connectivity index (χ0) is 19.1. The van der Waals surface area contributed by atoms with Crippen LogP contribution in [0.1, 0.15) is 24.2 Å². The number of nitrogens with one attached hydrogen (secondary N) is 2. The van der Waals surface area contributed by atoms with Crippen LogP contribution in [0.25, 0.3) is 0 Å². The van der Waals surface area contributed by atoms with Crippen molar-refractivity contribution in [3.05, 3.63) is 66.5 Å². The number of carbonyl (C=O) groups is 1. The molecule has 7 nitrogen and oxygen atoms in total. The molecule has 0 aliphatic heterocycles. The Bertz CT molecular complexity index is 861. The lowest BCUT2D eigenvalue weighted by molar-refractivity contribution is 0.102. The Morgan fingerprint density at radius 3 is 2.26 bits per heavy atom. The zero-order valence-corrected chi connectivity index (χ0v) is 15.4. The van der Waals surface area contributed by atoms with Crippen LogP contribution in [0.2, 0.25) is 0 Å². The van der Waals surface area contributed by atoms with E-state index in [1.54, 1.807) is 30.5 Å². The Balaban J connectivity index is 1.61. The van der Waals surface area contributed by atoms with Crippen LogP contribution < -0.4 is 15.5 Å². The van der Waals surface area contributed by atoms with Gasteiger partial charge in [0.15, 0.2) is 11.6 Å². The first-order valence-electron chi connectivity index (χ1n) is 8.86. The molecule has 0 saturated heterocycles. The molecule has 3 rings (SSSR count). The summed E-state index contributed by atoms with van der Waals surface area (Å²) in [6, 6.07) is 15.0. The highest BCUT2D eigenvalue weighted by atomic mass is 16.1. The predicted octanol–water partition coefficient (Wildman–Crippen LogP) is 3.71. The van der Waals surface area contributed by atoms with Crippen molar-refractivity contribution in [3.8, 4) is 0 Å². The van der Waals surface area contributed by atoms with Crippen LogP contribution in [-0.4, -0.2) is 34.2 Å². The van der Waals surface area contributed by atoms with E-state index in [2.05, 4.69) is 56.7 Å². The van der Waals surface area contributed by atoms with Gasteiger partial charge in [0.1, 0.15) is 0 Å². The van der Waals surface area contributed by atoms with E-state index >= 15 is 0 Å². The summed E-state index contributed by atoms with van der Waals surface area (Å²) < 4.78 is 0. The molecule has 2 N–H and O–H groups in total. The average Bonchev–Trinajstić information content (AvgIpc) is 2.72. The summed E-state index contributed by atoms with van der Waals surface area (Å²) >= 11 is 0. The quantitative estimate of drug-likeness (QED) is 0.667. The smallest absolute Gasteiger partial charge is 0.258 e. The van der Waals surface area contributed by atoms with E-state index in [9.17, 15) is 4.79 Å². The minimum atomic E-state index is -0.273. The normalized spacial score (nSPS) is 10.3. The second-order valence-corrected chi connectivity index (χ2v) is 5.84. The van der Waals surface area contributed by atoms with Gasteiger partial charge in [-0.15, -0.1) is 10.2 Å². The second-order valence-electron chi connectivity index (χ2n) is 5.84. The molecule has 0 bridgehead atoms. The molecule has 2 heterocycles. The van der Waals surface area contributed by atoms with Gasteiger partial charge in [0.05, 0.1) is 5.56 Å². The highest BCUT2D eigenvalue weighted by molar-refractivity contribution is 6.03. The largest absolute Gasteiger partial charge is 0.372 e. The summed E-state index contributed by atoms with van der Waals surface area (Å²) in [6.45, 7) is 6.22. The number of carbonyl (C=O) groups excluding carboxylic acids is 1. The van der Waals surface area contributed by atoms with E-state index in [1.165, 1.54) is 11.9 Å². The third-order valence-corrected chi connectivity index (χ3v) is 4.10. The maximum absolute atomic E-state index is 12.1. The second kappa shape index (κ2) is 8.75. The van der Waals surface area contributed by atoms with Crippen molar-refractivity contribution < 1.29 is 4.79 Å². The first-order chi connectivity index (χ1) is 13.2. The lowest BCUT2D eigenvalue weighted by Gasteiger charge is -2.21. The van der Waals surface area contributed by atoms with E-state index in [0.29, 0.717) is 17.2 Å². The van der Waals surface area contributed by atoms with Crippen LogP contribution in [-0.2, 0) is 0 Å². The Hall–Kier alpha value is -3.48. The summed E-state index contributed by atoms with van der Waals surface area (Å²) in [5.74, 6) is 0.710. The Morgan fingerprint density at radius 2 is 1.67 bits per heavy atom. The van der Waals surface area contributed by atoms with Crippen molar-refractivity contribution in [3.63, 3.8) is 0 Å². The monoisotopic (exact) mass is 362 g/mol. The number of nitrogens with zero attached hydrogens (tertiary/aromatic N) is 4. The predicted molar refractivity (Wildman–Crippen MR) is 108 cm³/mol. The van der Waals surface area contributed by atoms with Gasteiger partial charge in [-0.25, -0.2) is 0 Å². The van der Waals surface area contributed by atoms with E-state index < -0.39 is 0 Å². The number of anilines is 4. The van der Waals surface area contributed by atoms with E-state index in [-0.39, 0.29) is 5.91 Å². The van der Waals surface area contributed by atoms with E-state index in [0.717, 1.165) is 18.8 Å².